The number of carbonyl (C=O) groups excluding carboxylic acids is 1. The number of carbonyl (C=O) groups is 1. The van der Waals surface area contributed by atoms with E-state index in [1.54, 1.807) is 0 Å². The van der Waals surface area contributed by atoms with Crippen LogP contribution in [-0.2, 0) is 41.5 Å². The summed E-state index contributed by atoms with van der Waals surface area (Å²) in [6.07, 6.45) is -10.4. The third-order valence-corrected chi connectivity index (χ3v) is 8.12. The predicted molar refractivity (Wildman–Crippen MR) is 116 cm³/mol. The monoisotopic (exact) mass is 599 g/mol. The van der Waals surface area contributed by atoms with Gasteiger partial charge in [-0.15, -0.1) is 0 Å². The Labute approximate surface area is 218 Å². The molecule has 6 N–H and O–H groups in total. The lowest BCUT2D eigenvalue weighted by molar-refractivity contribution is -0.247. The number of nitrogens with two attached hydrogens (primary N) is 1. The molecule has 2 fully saturated rings. The van der Waals surface area contributed by atoms with Crippen LogP contribution in [0.25, 0.3) is 11.2 Å². The van der Waals surface area contributed by atoms with Gasteiger partial charge in [0.2, 0.25) is 6.29 Å². The van der Waals surface area contributed by atoms with Gasteiger partial charge in [0.25, 0.3) is 15.6 Å². The molecule has 4 heterocycles. The Kier molecular flexibility index (Phi) is 8.70. The Bertz CT molecular complexity index is 1300. The van der Waals surface area contributed by atoms with Gasteiger partial charge in [0.15, 0.2) is 17.7 Å². The number of rotatable bonds is 10. The van der Waals surface area contributed by atoms with Gasteiger partial charge in [-0.2, -0.15) is 0 Å². The average Bonchev–Trinajstić information content (AvgIpc) is 3.47. The van der Waals surface area contributed by atoms with Crippen molar-refractivity contribution in [1.82, 2.24) is 19.5 Å². The molecule has 2 aromatic rings. The normalized spacial score (nSPS) is 34.1. The number of hydrogen-bond acceptors (Lipinski definition) is 19. The van der Waals surface area contributed by atoms with Gasteiger partial charge < -0.3 is 59.2 Å². The largest absolute Gasteiger partial charge is 0.756 e. The first-order valence-electron chi connectivity index (χ1n) is 10.9. The molecular weight excluding hydrogens is 576 g/mol. The summed E-state index contributed by atoms with van der Waals surface area (Å²) in [4.78, 5) is 46.9. The second kappa shape index (κ2) is 11.4. The van der Waals surface area contributed by atoms with Gasteiger partial charge in [-0.25, -0.2) is 19.3 Å². The number of phosphoric acid groups is 2. The van der Waals surface area contributed by atoms with Gasteiger partial charge in [0.1, 0.15) is 48.5 Å². The standard InChI is InChI=1S/C17H25N5O15P2/c1-6(23)34-17-13(27)11(25)8(36-17)3-33-39(30,31)37-38(28,29)32-2-7-10(24)12(26)16(35-7)22-5-21-9-14(18)19-4-20-15(9)22/h4-5,7-8,10-13,16-17,24-27H,2-3H2,1H3,(H,28,29)(H,30,31)(H2,18,19,20)/p-2/t7-,8-,10-,11-,12-,13-,16-,17?/m1/s1. The predicted octanol–water partition coefficient (Wildman–Crippen LogP) is -3.98. The summed E-state index contributed by atoms with van der Waals surface area (Å²) in [6, 6.07) is 0. The van der Waals surface area contributed by atoms with E-state index in [1.807, 2.05) is 0 Å². The molecule has 2 aromatic heterocycles. The van der Waals surface area contributed by atoms with Gasteiger partial charge >= 0.3 is 5.97 Å². The lowest BCUT2D eigenvalue weighted by Crippen LogP contribution is -2.35. The zero-order valence-electron chi connectivity index (χ0n) is 19.7. The zero-order valence-corrected chi connectivity index (χ0v) is 21.5. The highest BCUT2D eigenvalue weighted by Gasteiger charge is 2.46. The molecule has 20 nitrogen and oxygen atoms in total. The quantitative estimate of drug-likeness (QED) is 0.128. The second-order valence-electron chi connectivity index (χ2n) is 8.33. The van der Waals surface area contributed by atoms with Crippen LogP contribution in [0.3, 0.4) is 0 Å². The molecular formula is C17H23N5O15P2-2. The molecule has 2 aliphatic heterocycles. The molecule has 0 saturated carbocycles. The minimum absolute atomic E-state index is 0.0368. The van der Waals surface area contributed by atoms with Crippen molar-refractivity contribution in [3.05, 3.63) is 12.7 Å². The summed E-state index contributed by atoms with van der Waals surface area (Å²) in [5, 5.41) is 40.4. The van der Waals surface area contributed by atoms with Crippen LogP contribution >= 0.6 is 15.6 Å². The van der Waals surface area contributed by atoms with Crippen LogP contribution in [0.5, 0.6) is 0 Å². The Morgan fingerprint density at radius 3 is 2.21 bits per heavy atom. The minimum Gasteiger partial charge on any atom is -0.756 e. The molecule has 0 amide bonds. The number of imidazole rings is 1. The van der Waals surface area contributed by atoms with E-state index < -0.39 is 84.0 Å². The average molecular weight is 599 g/mol. The fourth-order valence-electron chi connectivity index (χ4n) is 3.77. The van der Waals surface area contributed by atoms with E-state index in [1.165, 1.54) is 10.9 Å². The van der Waals surface area contributed by atoms with Crippen molar-refractivity contribution >= 4 is 38.6 Å². The third kappa shape index (κ3) is 6.60. The zero-order chi connectivity index (χ0) is 28.7. The van der Waals surface area contributed by atoms with Crippen molar-refractivity contribution in [2.75, 3.05) is 18.9 Å². The summed E-state index contributed by atoms with van der Waals surface area (Å²) in [5.41, 5.74) is 6.03. The number of ether oxygens (including phenoxy) is 3. The van der Waals surface area contributed by atoms with Crippen LogP contribution in [0.15, 0.2) is 12.7 Å². The van der Waals surface area contributed by atoms with Gasteiger partial charge in [0, 0.05) is 6.92 Å². The maximum Gasteiger partial charge on any atom is 0.305 e. The Morgan fingerprint density at radius 2 is 1.59 bits per heavy atom. The number of nitrogen functional groups attached to an aromatic ring is 1. The molecule has 10 atom stereocenters. The molecule has 0 spiro atoms. The lowest BCUT2D eigenvalue weighted by Gasteiger charge is -2.31. The van der Waals surface area contributed by atoms with E-state index in [4.69, 9.17) is 15.2 Å². The van der Waals surface area contributed by atoms with Crippen molar-refractivity contribution in [3.8, 4) is 0 Å². The second-order valence-corrected chi connectivity index (χ2v) is 11.3. The first-order chi connectivity index (χ1) is 18.2. The topological polar surface area (TPSA) is 303 Å². The Hall–Kier alpha value is -2.16. The molecule has 22 heteroatoms. The molecule has 0 aromatic carbocycles. The van der Waals surface area contributed by atoms with Crippen LogP contribution in [0.4, 0.5) is 5.82 Å². The molecule has 2 saturated heterocycles. The summed E-state index contributed by atoms with van der Waals surface area (Å²) in [5.74, 6) is -0.822. The molecule has 3 unspecified atom stereocenters. The number of nitrogens with zero attached hydrogens (tertiary/aromatic N) is 4. The fraction of sp³-hybridized carbons (Fsp3) is 0.647. The summed E-state index contributed by atoms with van der Waals surface area (Å²) >= 11 is 0. The fourth-order valence-corrected chi connectivity index (χ4v) is 5.78. The van der Waals surface area contributed by atoms with Crippen LogP contribution in [0.1, 0.15) is 13.2 Å². The number of hydrogen-bond donors (Lipinski definition) is 5. The lowest BCUT2D eigenvalue weighted by atomic mass is 10.1. The summed E-state index contributed by atoms with van der Waals surface area (Å²) in [6.45, 7) is -1.01. The van der Waals surface area contributed by atoms with Crippen LogP contribution in [0, 0.1) is 0 Å². The summed E-state index contributed by atoms with van der Waals surface area (Å²) in [7, 11) is -11.3. The van der Waals surface area contributed by atoms with Crippen molar-refractivity contribution in [1.29, 1.82) is 0 Å². The number of phosphoric ester groups is 2. The van der Waals surface area contributed by atoms with Crippen LogP contribution in [0.2, 0.25) is 0 Å². The molecule has 39 heavy (non-hydrogen) atoms. The minimum atomic E-state index is -5.66. The van der Waals surface area contributed by atoms with E-state index in [2.05, 4.69) is 33.0 Å². The smallest absolute Gasteiger partial charge is 0.305 e. The van der Waals surface area contributed by atoms with E-state index in [9.17, 15) is 44.1 Å². The molecule has 218 valence electrons. The van der Waals surface area contributed by atoms with Crippen molar-refractivity contribution in [3.63, 3.8) is 0 Å². The highest BCUT2D eigenvalue weighted by molar-refractivity contribution is 7.59. The van der Waals surface area contributed by atoms with E-state index in [0.29, 0.717) is 0 Å². The molecule has 0 radical (unpaired) electrons. The molecule has 0 bridgehead atoms. The van der Waals surface area contributed by atoms with E-state index in [-0.39, 0.29) is 17.0 Å². The first kappa shape index (κ1) is 29.8. The first-order valence-corrected chi connectivity index (χ1v) is 13.9. The summed E-state index contributed by atoms with van der Waals surface area (Å²) < 4.78 is 53.2. The maximum absolute atomic E-state index is 12.1. The van der Waals surface area contributed by atoms with Gasteiger partial charge in [0.05, 0.1) is 19.5 Å². The Balaban J connectivity index is 1.32. The number of aliphatic hydroxyl groups is 4. The number of esters is 1. The Morgan fingerprint density at radius 1 is 1.00 bits per heavy atom. The van der Waals surface area contributed by atoms with Crippen LogP contribution < -0.4 is 15.5 Å². The van der Waals surface area contributed by atoms with Gasteiger partial charge in [-0.1, -0.05) is 0 Å². The molecule has 4 rings (SSSR count). The van der Waals surface area contributed by atoms with Crippen molar-refractivity contribution < 1.29 is 71.7 Å². The molecule has 0 aliphatic carbocycles. The van der Waals surface area contributed by atoms with Gasteiger partial charge in [-0.05, 0) is 0 Å². The van der Waals surface area contributed by atoms with Gasteiger partial charge in [-0.3, -0.25) is 18.5 Å². The number of aliphatic hydroxyl groups excluding tert-OH is 4. The number of aromatic nitrogens is 4. The SMILES string of the molecule is CC(=O)OC1O[C@H](COP(=O)([O-])OP(=O)([O-])OC[C@H]2O[C@@H](n3cnc4c(N)ncnc43)[C@H](O)[C@@H]2O)[C@@H](O)[C@H]1O. The van der Waals surface area contributed by atoms with E-state index >= 15 is 0 Å². The highest BCUT2D eigenvalue weighted by Crippen LogP contribution is 2.56. The number of fused-ring (bicyclic) bond motifs is 1. The third-order valence-electron chi connectivity index (χ3n) is 5.59. The number of anilines is 1. The van der Waals surface area contributed by atoms with Crippen molar-refractivity contribution in [2.45, 2.75) is 56.1 Å². The highest BCUT2D eigenvalue weighted by atomic mass is 31.3. The van der Waals surface area contributed by atoms with Crippen LogP contribution in [-0.4, -0.2) is 102 Å². The van der Waals surface area contributed by atoms with E-state index in [0.717, 1.165) is 13.3 Å². The van der Waals surface area contributed by atoms with Crippen molar-refractivity contribution in [2.24, 2.45) is 0 Å². The molecule has 2 aliphatic rings. The maximum atomic E-state index is 12.1.